The van der Waals surface area contributed by atoms with Gasteiger partial charge in [-0.1, -0.05) is 30.7 Å². The van der Waals surface area contributed by atoms with Crippen LogP contribution in [0.3, 0.4) is 0 Å². The summed E-state index contributed by atoms with van der Waals surface area (Å²) in [5.41, 5.74) is 2.01. The van der Waals surface area contributed by atoms with E-state index < -0.39 is 0 Å². The van der Waals surface area contributed by atoms with E-state index in [1.54, 1.807) is 18.2 Å². The van der Waals surface area contributed by atoms with Gasteiger partial charge in [-0.3, -0.25) is 4.79 Å². The molecule has 1 heterocycles. The molecule has 5 heteroatoms. The maximum Gasteiger partial charge on any atom is 0.251 e. The van der Waals surface area contributed by atoms with Crippen molar-refractivity contribution in [2.24, 2.45) is 0 Å². The standard InChI is InChI=1S/C23H27N3O2/c1-18(16-26-12-5-2-6-13-26)25-23(27)19-10-7-11-22(14-19)28-17-21-9-4-3-8-20(21)15-24/h3-4,7-11,14,18H,2,5-6,12-13,16-17H2,1H3,(H,25,27). The molecule has 2 aromatic rings. The molecule has 1 N–H and O–H groups in total. The number of hydrogen-bond donors (Lipinski definition) is 1. The molecule has 1 unspecified atom stereocenters. The zero-order valence-corrected chi connectivity index (χ0v) is 16.4. The quantitative estimate of drug-likeness (QED) is 0.798. The molecule has 0 saturated carbocycles. The van der Waals surface area contributed by atoms with Gasteiger partial charge >= 0.3 is 0 Å². The summed E-state index contributed by atoms with van der Waals surface area (Å²) >= 11 is 0. The number of hydrogen-bond acceptors (Lipinski definition) is 4. The summed E-state index contributed by atoms with van der Waals surface area (Å²) in [6.45, 7) is 5.46. The second kappa shape index (κ2) is 9.91. The van der Waals surface area contributed by atoms with Crippen LogP contribution in [-0.2, 0) is 6.61 Å². The van der Waals surface area contributed by atoms with Gasteiger partial charge < -0.3 is 15.0 Å². The van der Waals surface area contributed by atoms with Gasteiger partial charge in [0.25, 0.3) is 5.91 Å². The van der Waals surface area contributed by atoms with Crippen molar-refractivity contribution >= 4 is 5.91 Å². The minimum Gasteiger partial charge on any atom is -0.489 e. The van der Waals surface area contributed by atoms with Crippen molar-refractivity contribution in [2.45, 2.75) is 38.8 Å². The topological polar surface area (TPSA) is 65.4 Å². The van der Waals surface area contributed by atoms with Gasteiger partial charge in [0.1, 0.15) is 12.4 Å². The van der Waals surface area contributed by atoms with E-state index in [1.165, 1.54) is 19.3 Å². The van der Waals surface area contributed by atoms with Crippen molar-refractivity contribution < 1.29 is 9.53 Å². The Labute approximate surface area is 166 Å². The fourth-order valence-electron chi connectivity index (χ4n) is 3.53. The Balaban J connectivity index is 1.56. The molecule has 1 atom stereocenters. The molecule has 1 fully saturated rings. The average Bonchev–Trinajstić information content (AvgIpc) is 2.73. The van der Waals surface area contributed by atoms with Crippen LogP contribution in [0.1, 0.15) is 47.7 Å². The maximum absolute atomic E-state index is 12.6. The van der Waals surface area contributed by atoms with Crippen molar-refractivity contribution in [3.8, 4) is 11.8 Å². The average molecular weight is 377 g/mol. The Morgan fingerprint density at radius 2 is 1.96 bits per heavy atom. The van der Waals surface area contributed by atoms with Gasteiger partial charge in [0.15, 0.2) is 0 Å². The van der Waals surface area contributed by atoms with E-state index in [-0.39, 0.29) is 11.9 Å². The van der Waals surface area contributed by atoms with Gasteiger partial charge in [-0.15, -0.1) is 0 Å². The smallest absolute Gasteiger partial charge is 0.251 e. The van der Waals surface area contributed by atoms with E-state index in [4.69, 9.17) is 4.74 Å². The predicted molar refractivity (Wildman–Crippen MR) is 109 cm³/mol. The molecule has 3 rings (SSSR count). The number of likely N-dealkylation sites (tertiary alicyclic amines) is 1. The number of amides is 1. The Hall–Kier alpha value is -2.84. The van der Waals surface area contributed by atoms with Crippen LogP contribution >= 0.6 is 0 Å². The molecule has 1 aliphatic heterocycles. The molecule has 0 spiro atoms. The monoisotopic (exact) mass is 377 g/mol. The third kappa shape index (κ3) is 5.58. The van der Waals surface area contributed by atoms with Gasteiger partial charge in [0.05, 0.1) is 11.6 Å². The van der Waals surface area contributed by atoms with Crippen LogP contribution in [0.25, 0.3) is 0 Å². The summed E-state index contributed by atoms with van der Waals surface area (Å²) in [7, 11) is 0. The zero-order valence-electron chi connectivity index (χ0n) is 16.4. The molecule has 1 saturated heterocycles. The number of piperidine rings is 1. The summed E-state index contributed by atoms with van der Waals surface area (Å²) in [5.74, 6) is 0.525. The molecule has 2 aromatic carbocycles. The van der Waals surface area contributed by atoms with Crippen LogP contribution in [0.15, 0.2) is 48.5 Å². The molecule has 28 heavy (non-hydrogen) atoms. The van der Waals surface area contributed by atoms with Gasteiger partial charge in [-0.05, 0) is 57.1 Å². The first-order valence-corrected chi connectivity index (χ1v) is 9.90. The molecule has 0 aliphatic carbocycles. The first-order valence-electron chi connectivity index (χ1n) is 9.90. The molecule has 1 amide bonds. The highest BCUT2D eigenvalue weighted by atomic mass is 16.5. The number of nitrogens with zero attached hydrogens (tertiary/aromatic N) is 2. The summed E-state index contributed by atoms with van der Waals surface area (Å²) in [6, 6.07) is 16.8. The fourth-order valence-corrected chi connectivity index (χ4v) is 3.53. The number of carbonyl (C=O) groups excluding carboxylic acids is 1. The highest BCUT2D eigenvalue weighted by Crippen LogP contribution is 2.17. The lowest BCUT2D eigenvalue weighted by molar-refractivity contribution is 0.0925. The SMILES string of the molecule is CC(CN1CCCCC1)NC(=O)c1cccc(OCc2ccccc2C#N)c1. The largest absolute Gasteiger partial charge is 0.489 e. The van der Waals surface area contributed by atoms with E-state index in [0.717, 1.165) is 25.2 Å². The Kier molecular flexibility index (Phi) is 7.05. The van der Waals surface area contributed by atoms with Crippen LogP contribution in [0, 0.1) is 11.3 Å². The number of ether oxygens (including phenoxy) is 1. The van der Waals surface area contributed by atoms with Gasteiger partial charge in [0.2, 0.25) is 0 Å². The van der Waals surface area contributed by atoms with Crippen molar-refractivity contribution in [3.63, 3.8) is 0 Å². The molecule has 0 bridgehead atoms. The van der Waals surface area contributed by atoms with Crippen LogP contribution in [0.4, 0.5) is 0 Å². The Morgan fingerprint density at radius 1 is 1.18 bits per heavy atom. The predicted octanol–water partition coefficient (Wildman–Crippen LogP) is 3.74. The molecule has 1 aliphatic rings. The highest BCUT2D eigenvalue weighted by Gasteiger charge is 2.16. The van der Waals surface area contributed by atoms with E-state index in [2.05, 4.69) is 16.3 Å². The number of carbonyl (C=O) groups is 1. The van der Waals surface area contributed by atoms with Crippen molar-refractivity contribution in [1.82, 2.24) is 10.2 Å². The molecule has 0 radical (unpaired) electrons. The normalized spacial score (nSPS) is 15.4. The summed E-state index contributed by atoms with van der Waals surface area (Å²) in [5, 5.41) is 12.3. The number of benzene rings is 2. The number of rotatable bonds is 7. The molecular weight excluding hydrogens is 350 g/mol. The molecule has 146 valence electrons. The maximum atomic E-state index is 12.6. The highest BCUT2D eigenvalue weighted by molar-refractivity contribution is 5.94. The van der Waals surface area contributed by atoms with Crippen LogP contribution in [0.5, 0.6) is 5.75 Å². The lowest BCUT2D eigenvalue weighted by Crippen LogP contribution is -2.43. The third-order valence-corrected chi connectivity index (χ3v) is 4.99. The minimum atomic E-state index is -0.0904. The first kappa shape index (κ1) is 19.9. The van der Waals surface area contributed by atoms with Gasteiger partial charge in [-0.2, -0.15) is 5.26 Å². The number of nitriles is 1. The van der Waals surface area contributed by atoms with Crippen LogP contribution in [-0.4, -0.2) is 36.5 Å². The van der Waals surface area contributed by atoms with Gasteiger partial charge in [0, 0.05) is 23.7 Å². The lowest BCUT2D eigenvalue weighted by atomic mass is 10.1. The summed E-state index contributed by atoms with van der Waals surface area (Å²) in [4.78, 5) is 15.0. The Bertz CT molecular complexity index is 838. The first-order chi connectivity index (χ1) is 13.7. The number of nitrogens with one attached hydrogen (secondary N) is 1. The summed E-state index contributed by atoms with van der Waals surface area (Å²) in [6.07, 6.45) is 3.80. The second-order valence-electron chi connectivity index (χ2n) is 7.32. The third-order valence-electron chi connectivity index (χ3n) is 4.99. The Morgan fingerprint density at radius 3 is 2.75 bits per heavy atom. The molecule has 0 aromatic heterocycles. The zero-order chi connectivity index (χ0) is 19.8. The van der Waals surface area contributed by atoms with Crippen molar-refractivity contribution in [3.05, 3.63) is 65.2 Å². The van der Waals surface area contributed by atoms with E-state index in [0.29, 0.717) is 23.5 Å². The minimum absolute atomic E-state index is 0.0904. The van der Waals surface area contributed by atoms with Crippen LogP contribution in [0.2, 0.25) is 0 Å². The van der Waals surface area contributed by atoms with E-state index >= 15 is 0 Å². The molecular formula is C23H27N3O2. The van der Waals surface area contributed by atoms with Gasteiger partial charge in [-0.25, -0.2) is 0 Å². The summed E-state index contributed by atoms with van der Waals surface area (Å²) < 4.78 is 5.81. The lowest BCUT2D eigenvalue weighted by Gasteiger charge is -2.29. The second-order valence-corrected chi connectivity index (χ2v) is 7.32. The van der Waals surface area contributed by atoms with Crippen molar-refractivity contribution in [2.75, 3.05) is 19.6 Å². The van der Waals surface area contributed by atoms with Crippen LogP contribution < -0.4 is 10.1 Å². The van der Waals surface area contributed by atoms with Crippen molar-refractivity contribution in [1.29, 1.82) is 5.26 Å². The van der Waals surface area contributed by atoms with E-state index in [1.807, 2.05) is 37.3 Å². The van der Waals surface area contributed by atoms with E-state index in [9.17, 15) is 10.1 Å². The fraction of sp³-hybridized carbons (Fsp3) is 0.391. The molecule has 5 nitrogen and oxygen atoms in total.